The number of hydrogen-bond acceptors (Lipinski definition) is 7. The molecule has 0 radical (unpaired) electrons. The molecule has 5 atom stereocenters. The van der Waals surface area contributed by atoms with Crippen molar-refractivity contribution in [2.45, 2.75) is 56.6 Å². The van der Waals surface area contributed by atoms with E-state index in [1.54, 1.807) is 23.9 Å². The first-order valence-corrected chi connectivity index (χ1v) is 15.7. The van der Waals surface area contributed by atoms with E-state index in [1.807, 2.05) is 109 Å². The molecule has 1 saturated heterocycles. The number of carbonyl (C=O) groups excluding carboxylic acids is 1. The van der Waals surface area contributed by atoms with Gasteiger partial charge in [0, 0.05) is 0 Å². The SMILES string of the molecule is CCS[C@@H]1OC(COCc2ccccc2)[C@H](OCc2ccccc2)C(OCc2ccccc2)C1OC(=O)c1ccccc1. The average Bonchev–Trinajstić information content (AvgIpc) is 3.06. The van der Waals surface area contributed by atoms with Crippen LogP contribution in [0.15, 0.2) is 121 Å². The van der Waals surface area contributed by atoms with Crippen molar-refractivity contribution in [2.75, 3.05) is 12.4 Å². The van der Waals surface area contributed by atoms with Crippen LogP contribution in [-0.2, 0) is 43.5 Å². The molecule has 0 aromatic heterocycles. The lowest BCUT2D eigenvalue weighted by molar-refractivity contribution is -0.242. The van der Waals surface area contributed by atoms with Gasteiger partial charge in [0.05, 0.1) is 32.0 Å². The van der Waals surface area contributed by atoms with E-state index >= 15 is 0 Å². The van der Waals surface area contributed by atoms with Crippen LogP contribution in [0.2, 0.25) is 0 Å². The highest BCUT2D eigenvalue weighted by atomic mass is 32.2. The highest BCUT2D eigenvalue weighted by Crippen LogP contribution is 2.35. The third-order valence-corrected chi connectivity index (χ3v) is 8.18. The molecule has 4 aromatic rings. The van der Waals surface area contributed by atoms with Crippen molar-refractivity contribution in [1.29, 1.82) is 0 Å². The quantitative estimate of drug-likeness (QED) is 0.144. The number of thioether (sulfide) groups is 1. The largest absolute Gasteiger partial charge is 0.452 e. The van der Waals surface area contributed by atoms with E-state index in [2.05, 4.69) is 6.92 Å². The Morgan fingerprint density at radius 3 is 1.67 bits per heavy atom. The molecule has 0 N–H and O–H groups in total. The van der Waals surface area contributed by atoms with Gasteiger partial charge in [0.1, 0.15) is 23.7 Å². The second kappa shape index (κ2) is 16.4. The van der Waals surface area contributed by atoms with E-state index in [4.69, 9.17) is 23.7 Å². The summed E-state index contributed by atoms with van der Waals surface area (Å²) in [5.74, 6) is 0.340. The maximum atomic E-state index is 13.4. The molecule has 0 aliphatic carbocycles. The molecule has 1 fully saturated rings. The Bertz CT molecular complexity index is 1360. The van der Waals surface area contributed by atoms with E-state index in [0.29, 0.717) is 32.0 Å². The van der Waals surface area contributed by atoms with Crippen molar-refractivity contribution < 1.29 is 28.5 Å². The average molecular weight is 599 g/mol. The monoisotopic (exact) mass is 598 g/mol. The summed E-state index contributed by atoms with van der Waals surface area (Å²) in [5, 5.41) is 0. The zero-order chi connectivity index (χ0) is 29.7. The van der Waals surface area contributed by atoms with Gasteiger partial charge in [0.25, 0.3) is 0 Å². The molecule has 0 bridgehead atoms. The minimum Gasteiger partial charge on any atom is -0.452 e. The van der Waals surface area contributed by atoms with Crippen LogP contribution in [0.3, 0.4) is 0 Å². The highest BCUT2D eigenvalue weighted by Gasteiger charge is 2.50. The van der Waals surface area contributed by atoms with Gasteiger partial charge in [-0.3, -0.25) is 0 Å². The Morgan fingerprint density at radius 1 is 0.651 bits per heavy atom. The molecule has 4 aromatic carbocycles. The van der Waals surface area contributed by atoms with Gasteiger partial charge in [0.15, 0.2) is 6.10 Å². The van der Waals surface area contributed by atoms with Gasteiger partial charge in [-0.2, -0.15) is 0 Å². The predicted molar refractivity (Wildman–Crippen MR) is 169 cm³/mol. The van der Waals surface area contributed by atoms with E-state index in [9.17, 15) is 4.79 Å². The van der Waals surface area contributed by atoms with Crippen molar-refractivity contribution in [3.8, 4) is 0 Å². The summed E-state index contributed by atoms with van der Waals surface area (Å²) in [4.78, 5) is 13.4. The van der Waals surface area contributed by atoms with Crippen LogP contribution in [0.1, 0.15) is 34.0 Å². The lowest BCUT2D eigenvalue weighted by atomic mass is 9.98. The van der Waals surface area contributed by atoms with Gasteiger partial charge in [-0.25, -0.2) is 4.79 Å². The molecule has 1 aliphatic rings. The van der Waals surface area contributed by atoms with Crippen LogP contribution >= 0.6 is 11.8 Å². The van der Waals surface area contributed by atoms with Crippen LogP contribution in [0, 0.1) is 0 Å². The number of hydrogen-bond donors (Lipinski definition) is 0. The van der Waals surface area contributed by atoms with Gasteiger partial charge in [0.2, 0.25) is 0 Å². The maximum Gasteiger partial charge on any atom is 0.338 e. The van der Waals surface area contributed by atoms with Crippen LogP contribution in [0.5, 0.6) is 0 Å². The van der Waals surface area contributed by atoms with Crippen LogP contribution in [0.4, 0.5) is 0 Å². The minimum absolute atomic E-state index is 0.291. The standard InChI is InChI=1S/C36H38O6S/c1-2-43-36-34(42-35(37)30-21-13-6-14-22-30)33(40-25-29-19-11-5-12-20-29)32(39-24-28-17-9-4-10-18-28)31(41-36)26-38-23-27-15-7-3-8-16-27/h3-22,31-34,36H,2,23-26H2,1H3/t31?,32-,33?,34?,36-/m0/s1. The first kappa shape index (κ1) is 31.0. The molecular formula is C36H38O6S. The molecule has 7 heteroatoms. The molecule has 0 spiro atoms. The molecule has 43 heavy (non-hydrogen) atoms. The molecule has 1 aliphatic heterocycles. The number of rotatable bonds is 14. The Balaban J connectivity index is 1.43. The van der Waals surface area contributed by atoms with Crippen LogP contribution in [0.25, 0.3) is 0 Å². The van der Waals surface area contributed by atoms with E-state index in [1.165, 1.54) is 0 Å². The number of ether oxygens (including phenoxy) is 5. The van der Waals surface area contributed by atoms with E-state index in [-0.39, 0.29) is 0 Å². The van der Waals surface area contributed by atoms with E-state index in [0.717, 1.165) is 22.4 Å². The second-order valence-electron chi connectivity index (χ2n) is 10.3. The van der Waals surface area contributed by atoms with Gasteiger partial charge < -0.3 is 23.7 Å². The smallest absolute Gasteiger partial charge is 0.338 e. The van der Waals surface area contributed by atoms with Crippen LogP contribution < -0.4 is 0 Å². The topological polar surface area (TPSA) is 63.2 Å². The summed E-state index contributed by atoms with van der Waals surface area (Å²) in [6.45, 7) is 3.47. The minimum atomic E-state index is -0.715. The third-order valence-electron chi connectivity index (χ3n) is 7.14. The first-order valence-electron chi connectivity index (χ1n) is 14.7. The lowest BCUT2D eigenvalue weighted by Crippen LogP contribution is -2.60. The fourth-order valence-corrected chi connectivity index (χ4v) is 5.94. The zero-order valence-electron chi connectivity index (χ0n) is 24.3. The summed E-state index contributed by atoms with van der Waals surface area (Å²) in [6.07, 6.45) is -2.35. The summed E-state index contributed by atoms with van der Waals surface area (Å²) in [7, 11) is 0. The molecular weight excluding hydrogens is 560 g/mol. The molecule has 0 saturated carbocycles. The molecule has 6 nitrogen and oxygen atoms in total. The van der Waals surface area contributed by atoms with Gasteiger partial charge in [-0.05, 0) is 34.6 Å². The molecule has 1 heterocycles. The van der Waals surface area contributed by atoms with Crippen molar-refractivity contribution in [3.05, 3.63) is 144 Å². The first-order chi connectivity index (χ1) is 21.2. The van der Waals surface area contributed by atoms with Crippen LogP contribution in [-0.4, -0.2) is 48.2 Å². The normalized spacial score (nSPS) is 21.7. The molecule has 3 unspecified atom stereocenters. The fraction of sp³-hybridized carbons (Fsp3) is 0.306. The van der Waals surface area contributed by atoms with Crippen molar-refractivity contribution in [1.82, 2.24) is 0 Å². The molecule has 5 rings (SSSR count). The summed E-state index contributed by atoms with van der Waals surface area (Å²) in [6, 6.07) is 39.0. The van der Waals surface area contributed by atoms with Gasteiger partial charge in [-0.15, -0.1) is 11.8 Å². The second-order valence-corrected chi connectivity index (χ2v) is 11.6. The summed E-state index contributed by atoms with van der Waals surface area (Å²) >= 11 is 1.58. The fourth-order valence-electron chi connectivity index (χ4n) is 4.99. The Labute approximate surface area is 258 Å². The Morgan fingerprint density at radius 2 is 1.14 bits per heavy atom. The molecule has 224 valence electrons. The van der Waals surface area contributed by atoms with Crippen molar-refractivity contribution in [2.24, 2.45) is 0 Å². The van der Waals surface area contributed by atoms with Crippen molar-refractivity contribution >= 4 is 17.7 Å². The summed E-state index contributed by atoms with van der Waals surface area (Å²) < 4.78 is 32.3. The van der Waals surface area contributed by atoms with E-state index < -0.39 is 35.8 Å². The van der Waals surface area contributed by atoms with Gasteiger partial charge in [-0.1, -0.05) is 116 Å². The Kier molecular flexibility index (Phi) is 11.8. The number of esters is 1. The van der Waals surface area contributed by atoms with Crippen molar-refractivity contribution in [3.63, 3.8) is 0 Å². The highest BCUT2D eigenvalue weighted by molar-refractivity contribution is 7.99. The Hall–Kier alpha value is -3.46. The van der Waals surface area contributed by atoms with Gasteiger partial charge >= 0.3 is 5.97 Å². The predicted octanol–water partition coefficient (Wildman–Crippen LogP) is 7.08. The molecule has 0 amide bonds. The summed E-state index contributed by atoms with van der Waals surface area (Å²) in [5.41, 5.74) is 3.11. The zero-order valence-corrected chi connectivity index (χ0v) is 25.1. The third kappa shape index (κ3) is 9.02. The maximum absolute atomic E-state index is 13.4. The number of benzene rings is 4. The number of carbonyl (C=O) groups is 1. The lowest BCUT2D eigenvalue weighted by Gasteiger charge is -2.45.